The molecule has 41 heavy (non-hydrogen) atoms. The van der Waals surface area contributed by atoms with Crippen LogP contribution in [0.5, 0.6) is 11.5 Å². The lowest BCUT2D eigenvalue weighted by Crippen LogP contribution is -2.41. The largest absolute Gasteiger partial charge is 0.492 e. The van der Waals surface area contributed by atoms with E-state index in [1.807, 2.05) is 0 Å². The molecule has 7 N–H and O–H groups in total. The van der Waals surface area contributed by atoms with Crippen molar-refractivity contribution in [3.05, 3.63) is 53.1 Å². The molecule has 1 aliphatic heterocycles. The predicted molar refractivity (Wildman–Crippen MR) is 132 cm³/mol. The van der Waals surface area contributed by atoms with Crippen molar-refractivity contribution >= 4 is 41.4 Å². The van der Waals surface area contributed by atoms with E-state index in [4.69, 9.17) is 26.7 Å². The zero-order valence-electron chi connectivity index (χ0n) is 21.1. The summed E-state index contributed by atoms with van der Waals surface area (Å²) in [5.74, 6) is -13.0. The Morgan fingerprint density at radius 2 is 1.73 bits per heavy atom. The van der Waals surface area contributed by atoms with Crippen LogP contribution in [0.25, 0.3) is 0 Å². The third kappa shape index (κ3) is 7.28. The van der Waals surface area contributed by atoms with Gasteiger partial charge in [0.05, 0.1) is 36.1 Å². The molecule has 0 aliphatic carbocycles. The van der Waals surface area contributed by atoms with Gasteiger partial charge in [0.25, 0.3) is 0 Å². The van der Waals surface area contributed by atoms with E-state index in [9.17, 15) is 42.3 Å². The third-order valence-electron chi connectivity index (χ3n) is 6.02. The molecule has 3 rings (SSSR count). The molecule has 0 saturated heterocycles. The predicted octanol–water partition coefficient (Wildman–Crippen LogP) is 1.42. The quantitative estimate of drug-likeness (QED) is 0.109. The number of carbonyl (C=O) groups excluding carboxylic acids is 4. The van der Waals surface area contributed by atoms with Crippen LogP contribution >= 0.6 is 0 Å². The van der Waals surface area contributed by atoms with Crippen molar-refractivity contribution in [3.8, 4) is 11.5 Å². The van der Waals surface area contributed by atoms with Gasteiger partial charge in [0, 0.05) is 17.5 Å². The fraction of sp³-hybridized carbons (Fsp3) is 0.280. The van der Waals surface area contributed by atoms with Gasteiger partial charge in [0.15, 0.2) is 5.96 Å². The van der Waals surface area contributed by atoms with Crippen molar-refractivity contribution in [2.45, 2.75) is 25.4 Å². The number of fused-ring (bicyclic) bond motifs is 1. The van der Waals surface area contributed by atoms with E-state index in [1.165, 1.54) is 36.4 Å². The van der Waals surface area contributed by atoms with Gasteiger partial charge in [-0.1, -0.05) is 0 Å². The van der Waals surface area contributed by atoms with Gasteiger partial charge >= 0.3 is 30.1 Å². The van der Waals surface area contributed by atoms with E-state index in [1.54, 1.807) is 6.92 Å². The third-order valence-corrected chi connectivity index (χ3v) is 6.02. The summed E-state index contributed by atoms with van der Waals surface area (Å²) in [6, 6.07) is 8.54. The number of halogens is 3. The molecule has 1 heterocycles. The number of aliphatic imine (C=N–C) groups is 1. The number of aryl methyl sites for hydroxylation is 1. The number of amides is 1. The summed E-state index contributed by atoms with van der Waals surface area (Å²) in [6.07, 6.45) is -6.75. The minimum absolute atomic E-state index is 0.0415. The fourth-order valence-corrected chi connectivity index (χ4v) is 4.35. The Hall–Kier alpha value is -5.15. The Labute approximate surface area is 229 Å². The Morgan fingerprint density at radius 1 is 1.10 bits per heavy atom. The Kier molecular flexibility index (Phi) is 8.84. The minimum Gasteiger partial charge on any atom is -0.492 e. The average Bonchev–Trinajstić information content (AvgIpc) is 3.26. The SMILES string of the molecule is Cc1cc(OC(=O)c2ccc(N=C(N)N)cc2)cc2c1C(C(C(N)=O)[C@H](CC(=O)OC(=O)C(F)(F)F)C(=O)O)CO2. The van der Waals surface area contributed by atoms with Crippen molar-refractivity contribution in [3.63, 3.8) is 0 Å². The molecule has 1 amide bonds. The zero-order valence-corrected chi connectivity index (χ0v) is 21.1. The molecular formula is C25H23F3N4O9. The number of nitrogens with zero attached hydrogens (tertiary/aromatic N) is 1. The Bertz CT molecular complexity index is 1420. The second kappa shape index (κ2) is 11.9. The molecule has 16 heteroatoms. The molecular weight excluding hydrogens is 557 g/mol. The minimum atomic E-state index is -5.50. The number of ether oxygens (including phenoxy) is 3. The lowest BCUT2D eigenvalue weighted by molar-refractivity contribution is -0.202. The number of carboxylic acid groups (broad SMARTS) is 1. The van der Waals surface area contributed by atoms with Gasteiger partial charge in [-0.2, -0.15) is 13.2 Å². The van der Waals surface area contributed by atoms with Gasteiger partial charge < -0.3 is 36.5 Å². The topological polar surface area (TPSA) is 224 Å². The maximum absolute atomic E-state index is 12.6. The van der Waals surface area contributed by atoms with Gasteiger partial charge in [-0.05, 0) is 42.8 Å². The summed E-state index contributed by atoms with van der Waals surface area (Å²) in [5, 5.41) is 9.68. The zero-order chi connectivity index (χ0) is 30.6. The van der Waals surface area contributed by atoms with Crippen LogP contribution in [0.3, 0.4) is 0 Å². The highest BCUT2D eigenvalue weighted by Gasteiger charge is 2.47. The van der Waals surface area contributed by atoms with Crippen molar-refractivity contribution in [1.29, 1.82) is 0 Å². The van der Waals surface area contributed by atoms with Gasteiger partial charge in [0.1, 0.15) is 11.5 Å². The molecule has 1 aliphatic rings. The number of hydrogen-bond acceptors (Lipinski definition) is 9. The first kappa shape index (κ1) is 30.4. The first-order valence-electron chi connectivity index (χ1n) is 11.6. The number of carbonyl (C=O) groups is 5. The monoisotopic (exact) mass is 580 g/mol. The van der Waals surface area contributed by atoms with E-state index >= 15 is 0 Å². The van der Waals surface area contributed by atoms with Crippen molar-refractivity contribution < 1.29 is 56.5 Å². The molecule has 0 radical (unpaired) electrons. The lowest BCUT2D eigenvalue weighted by Gasteiger charge is -2.26. The van der Waals surface area contributed by atoms with Crippen LogP contribution in [-0.4, -0.2) is 53.6 Å². The fourth-order valence-electron chi connectivity index (χ4n) is 4.35. The summed E-state index contributed by atoms with van der Waals surface area (Å²) >= 11 is 0. The highest BCUT2D eigenvalue weighted by Crippen LogP contribution is 2.45. The molecule has 0 bridgehead atoms. The van der Waals surface area contributed by atoms with Crippen molar-refractivity contribution in [2.24, 2.45) is 34.0 Å². The lowest BCUT2D eigenvalue weighted by atomic mass is 9.76. The molecule has 0 saturated carbocycles. The number of hydrogen-bond donors (Lipinski definition) is 4. The van der Waals surface area contributed by atoms with E-state index in [0.717, 1.165) is 0 Å². The van der Waals surface area contributed by atoms with Crippen LogP contribution in [0.1, 0.15) is 33.8 Å². The Balaban J connectivity index is 1.83. The summed E-state index contributed by atoms with van der Waals surface area (Å²) in [5.41, 5.74) is 17.3. The molecule has 3 atom stereocenters. The maximum Gasteiger partial charge on any atom is 0.491 e. The van der Waals surface area contributed by atoms with E-state index in [-0.39, 0.29) is 29.6 Å². The molecule has 218 valence electrons. The highest BCUT2D eigenvalue weighted by atomic mass is 19.4. The molecule has 0 fully saturated rings. The standard InChI is InChI=1S/C25H23F3N4O9/c1-10-6-13(40-22(37)11-2-4-12(5-3-11)32-24(30)31)7-16-18(10)15(9-39-16)19(20(29)34)14(21(35)36)8-17(33)41-23(38)25(26,27)28/h2-7,14-15,19H,8-9H2,1H3,(H2,29,34)(H,35,36)(H4,30,31,32)/t14-,15?,19?/m0/s1. The van der Waals surface area contributed by atoms with Gasteiger partial charge in [-0.15, -0.1) is 0 Å². The first-order chi connectivity index (χ1) is 19.1. The summed E-state index contributed by atoms with van der Waals surface area (Å²) in [7, 11) is 0. The van der Waals surface area contributed by atoms with Gasteiger partial charge in [-0.3, -0.25) is 14.4 Å². The van der Waals surface area contributed by atoms with Crippen LogP contribution < -0.4 is 26.7 Å². The maximum atomic E-state index is 12.6. The number of guanidine groups is 1. The second-order valence-electron chi connectivity index (χ2n) is 8.88. The van der Waals surface area contributed by atoms with Crippen LogP contribution in [0.15, 0.2) is 41.4 Å². The van der Waals surface area contributed by atoms with Crippen LogP contribution in [-0.2, 0) is 23.9 Å². The smallest absolute Gasteiger partial charge is 0.491 e. The van der Waals surface area contributed by atoms with Crippen LogP contribution in [0.4, 0.5) is 18.9 Å². The summed E-state index contributed by atoms with van der Waals surface area (Å²) in [4.78, 5) is 63.7. The number of rotatable bonds is 9. The number of carboxylic acids is 1. The highest BCUT2D eigenvalue weighted by molar-refractivity contribution is 5.93. The van der Waals surface area contributed by atoms with Gasteiger partial charge in [-0.25, -0.2) is 14.6 Å². The molecule has 13 nitrogen and oxygen atoms in total. The Morgan fingerprint density at radius 3 is 2.27 bits per heavy atom. The molecule has 0 spiro atoms. The van der Waals surface area contributed by atoms with E-state index in [2.05, 4.69) is 9.73 Å². The van der Waals surface area contributed by atoms with Crippen molar-refractivity contribution in [1.82, 2.24) is 0 Å². The number of aliphatic carboxylic acids is 1. The molecule has 2 unspecified atom stereocenters. The van der Waals surface area contributed by atoms with E-state index < -0.39 is 60.1 Å². The van der Waals surface area contributed by atoms with Crippen molar-refractivity contribution in [2.75, 3.05) is 6.61 Å². The number of benzene rings is 2. The number of primary amides is 1. The summed E-state index contributed by atoms with van der Waals surface area (Å²) in [6.45, 7) is 1.25. The molecule has 0 aromatic heterocycles. The number of esters is 3. The molecule has 2 aromatic rings. The first-order valence-corrected chi connectivity index (χ1v) is 11.6. The van der Waals surface area contributed by atoms with Crippen LogP contribution in [0, 0.1) is 18.8 Å². The number of nitrogens with two attached hydrogens (primary N) is 3. The van der Waals surface area contributed by atoms with Gasteiger partial charge in [0.2, 0.25) is 5.91 Å². The second-order valence-corrected chi connectivity index (χ2v) is 8.88. The summed E-state index contributed by atoms with van der Waals surface area (Å²) < 4.78 is 52.0. The molecule has 2 aromatic carbocycles. The van der Waals surface area contributed by atoms with E-state index in [0.29, 0.717) is 16.8 Å². The number of alkyl halides is 3. The average molecular weight is 580 g/mol. The van der Waals surface area contributed by atoms with Crippen LogP contribution in [0.2, 0.25) is 0 Å². The normalized spacial score (nSPS) is 15.5.